The molecule has 154 valence electrons. The highest BCUT2D eigenvalue weighted by Crippen LogP contribution is 2.30. The van der Waals surface area contributed by atoms with Gasteiger partial charge in [0, 0.05) is 29.4 Å². The zero-order chi connectivity index (χ0) is 21.6. The van der Waals surface area contributed by atoms with Gasteiger partial charge < -0.3 is 9.47 Å². The van der Waals surface area contributed by atoms with E-state index >= 15 is 0 Å². The van der Waals surface area contributed by atoms with Gasteiger partial charge in [-0.2, -0.15) is 9.78 Å². The summed E-state index contributed by atoms with van der Waals surface area (Å²) in [6.07, 6.45) is 3.36. The summed E-state index contributed by atoms with van der Waals surface area (Å²) in [5.41, 5.74) is 0.223. The summed E-state index contributed by atoms with van der Waals surface area (Å²) in [5.74, 6) is 0. The van der Waals surface area contributed by atoms with E-state index in [1.165, 1.54) is 17.0 Å². The molecule has 0 unspecified atom stereocenters. The van der Waals surface area contributed by atoms with Gasteiger partial charge >= 0.3 is 12.2 Å². The summed E-state index contributed by atoms with van der Waals surface area (Å²) in [4.78, 5) is 29.3. The van der Waals surface area contributed by atoms with Crippen LogP contribution in [0.15, 0.2) is 30.7 Å². The Morgan fingerprint density at radius 1 is 0.966 bits per heavy atom. The lowest BCUT2D eigenvalue weighted by Crippen LogP contribution is -2.27. The molecule has 0 N–H and O–H groups in total. The fourth-order valence-electron chi connectivity index (χ4n) is 2.66. The SMILES string of the molecule is CC(C)(C)OC(=O)n1cc(-c2cc3cnc(Cl)cc3n2C(=O)OC(C)(C)C)cn1. The molecule has 0 aliphatic carbocycles. The van der Waals surface area contributed by atoms with Crippen LogP contribution in [0.5, 0.6) is 0 Å². The van der Waals surface area contributed by atoms with Crippen LogP contribution in [0.25, 0.3) is 22.2 Å². The van der Waals surface area contributed by atoms with E-state index in [1.54, 1.807) is 59.9 Å². The van der Waals surface area contributed by atoms with Gasteiger partial charge in [-0.1, -0.05) is 11.6 Å². The number of halogens is 1. The van der Waals surface area contributed by atoms with Crippen molar-refractivity contribution < 1.29 is 19.1 Å². The van der Waals surface area contributed by atoms with E-state index in [0.29, 0.717) is 22.2 Å². The highest BCUT2D eigenvalue weighted by Gasteiger charge is 2.25. The molecule has 0 aliphatic heterocycles. The summed E-state index contributed by atoms with van der Waals surface area (Å²) in [7, 11) is 0. The molecule has 0 saturated carbocycles. The van der Waals surface area contributed by atoms with Crippen LogP contribution < -0.4 is 0 Å². The number of ether oxygens (including phenoxy) is 2. The maximum atomic E-state index is 12.9. The van der Waals surface area contributed by atoms with Gasteiger partial charge in [0.05, 0.1) is 17.4 Å². The van der Waals surface area contributed by atoms with Gasteiger partial charge in [0.25, 0.3) is 0 Å². The van der Waals surface area contributed by atoms with Crippen molar-refractivity contribution in [1.82, 2.24) is 19.3 Å². The summed E-state index contributed by atoms with van der Waals surface area (Å²) < 4.78 is 13.4. The minimum absolute atomic E-state index is 0.247. The minimum atomic E-state index is -0.692. The van der Waals surface area contributed by atoms with Crippen molar-refractivity contribution in [2.45, 2.75) is 52.7 Å². The molecule has 0 spiro atoms. The van der Waals surface area contributed by atoms with Gasteiger partial charge in [-0.3, -0.25) is 0 Å². The van der Waals surface area contributed by atoms with E-state index in [0.717, 1.165) is 4.68 Å². The Hall–Kier alpha value is -2.87. The number of pyridine rings is 1. The maximum Gasteiger partial charge on any atom is 0.435 e. The first-order valence-electron chi connectivity index (χ1n) is 9.03. The molecule has 0 aliphatic rings. The van der Waals surface area contributed by atoms with Crippen LogP contribution in [0.4, 0.5) is 9.59 Å². The van der Waals surface area contributed by atoms with Crippen LogP contribution in [0.3, 0.4) is 0 Å². The predicted octanol–water partition coefficient (Wildman–Crippen LogP) is 5.12. The van der Waals surface area contributed by atoms with Crippen LogP contribution in [0, 0.1) is 0 Å². The van der Waals surface area contributed by atoms with Crippen LogP contribution in [0.2, 0.25) is 5.15 Å². The molecule has 0 saturated heterocycles. The minimum Gasteiger partial charge on any atom is -0.443 e. The fraction of sp³-hybridized carbons (Fsp3) is 0.400. The Bertz CT molecular complexity index is 1090. The molecule has 0 fully saturated rings. The third kappa shape index (κ3) is 4.76. The number of carbonyl (C=O) groups excluding carboxylic acids is 2. The van der Waals surface area contributed by atoms with Crippen molar-refractivity contribution in [3.63, 3.8) is 0 Å². The average Bonchev–Trinajstić information content (AvgIpc) is 3.15. The van der Waals surface area contributed by atoms with Crippen molar-refractivity contribution in [2.75, 3.05) is 0 Å². The predicted molar refractivity (Wildman–Crippen MR) is 109 cm³/mol. The molecule has 3 rings (SSSR count). The van der Waals surface area contributed by atoms with E-state index < -0.39 is 23.4 Å². The maximum absolute atomic E-state index is 12.9. The first-order chi connectivity index (χ1) is 13.3. The standard InChI is InChI=1S/C20H23ClN4O4/c1-19(2,3)28-17(26)24-11-13(10-23-24)14-7-12-9-22-16(21)8-15(12)25(14)18(27)29-20(4,5)6/h7-11H,1-6H3. The number of aromatic nitrogens is 4. The van der Waals surface area contributed by atoms with Crippen molar-refractivity contribution in [3.05, 3.63) is 35.9 Å². The number of rotatable bonds is 1. The molecule has 0 bridgehead atoms. The summed E-state index contributed by atoms with van der Waals surface area (Å²) in [6.45, 7) is 10.7. The second-order valence-corrected chi connectivity index (χ2v) is 8.95. The van der Waals surface area contributed by atoms with Gasteiger partial charge in [-0.25, -0.2) is 19.1 Å². The number of carbonyl (C=O) groups is 2. The first kappa shape index (κ1) is 20.9. The van der Waals surface area contributed by atoms with Crippen molar-refractivity contribution >= 4 is 34.7 Å². The lowest BCUT2D eigenvalue weighted by Gasteiger charge is -2.20. The molecule has 3 aromatic heterocycles. The molecule has 29 heavy (non-hydrogen) atoms. The van der Waals surface area contributed by atoms with Crippen LogP contribution >= 0.6 is 11.6 Å². The molecule has 0 amide bonds. The molecule has 9 heteroatoms. The molecule has 0 atom stereocenters. The largest absolute Gasteiger partial charge is 0.443 e. The van der Waals surface area contributed by atoms with Crippen molar-refractivity contribution in [3.8, 4) is 11.3 Å². The first-order valence-corrected chi connectivity index (χ1v) is 9.41. The Morgan fingerprint density at radius 3 is 2.21 bits per heavy atom. The van der Waals surface area contributed by atoms with E-state index in [4.69, 9.17) is 21.1 Å². The van der Waals surface area contributed by atoms with Gasteiger partial charge in [0.1, 0.15) is 16.4 Å². The van der Waals surface area contributed by atoms with Crippen LogP contribution in [0.1, 0.15) is 41.5 Å². The van der Waals surface area contributed by atoms with E-state index in [1.807, 2.05) is 0 Å². The molecular weight excluding hydrogens is 396 g/mol. The Labute approximate surface area is 173 Å². The summed E-state index contributed by atoms with van der Waals surface area (Å²) in [5, 5.41) is 5.02. The highest BCUT2D eigenvalue weighted by molar-refractivity contribution is 6.30. The molecule has 3 heterocycles. The monoisotopic (exact) mass is 418 g/mol. The van der Waals surface area contributed by atoms with E-state index in [-0.39, 0.29) is 5.15 Å². The number of fused-ring (bicyclic) bond motifs is 1. The van der Waals surface area contributed by atoms with Crippen LogP contribution in [-0.4, -0.2) is 42.7 Å². The lowest BCUT2D eigenvalue weighted by atomic mass is 10.2. The Morgan fingerprint density at radius 2 is 1.59 bits per heavy atom. The molecule has 8 nitrogen and oxygen atoms in total. The van der Waals surface area contributed by atoms with Gasteiger partial charge in [-0.05, 0) is 47.6 Å². The number of hydrogen-bond donors (Lipinski definition) is 0. The van der Waals surface area contributed by atoms with Gasteiger partial charge in [-0.15, -0.1) is 0 Å². The second kappa shape index (κ2) is 7.18. The smallest absolute Gasteiger partial charge is 0.435 e. The summed E-state index contributed by atoms with van der Waals surface area (Å²) >= 11 is 6.04. The molecule has 0 radical (unpaired) electrons. The average molecular weight is 419 g/mol. The summed E-state index contributed by atoms with van der Waals surface area (Å²) in [6, 6.07) is 3.35. The van der Waals surface area contributed by atoms with Crippen LogP contribution in [-0.2, 0) is 9.47 Å². The van der Waals surface area contributed by atoms with Gasteiger partial charge in [0.2, 0.25) is 0 Å². The Kier molecular flexibility index (Phi) is 5.17. The van der Waals surface area contributed by atoms with E-state index in [2.05, 4.69) is 10.1 Å². The van der Waals surface area contributed by atoms with Crippen molar-refractivity contribution in [1.29, 1.82) is 0 Å². The number of hydrogen-bond acceptors (Lipinski definition) is 6. The highest BCUT2D eigenvalue weighted by atomic mass is 35.5. The third-order valence-corrected chi connectivity index (χ3v) is 3.89. The fourth-order valence-corrected chi connectivity index (χ4v) is 2.81. The molecule has 0 aromatic carbocycles. The third-order valence-electron chi connectivity index (χ3n) is 3.69. The zero-order valence-corrected chi connectivity index (χ0v) is 17.9. The topological polar surface area (TPSA) is 88.2 Å². The number of nitrogens with zero attached hydrogens (tertiary/aromatic N) is 4. The Balaban J connectivity index is 2.09. The second-order valence-electron chi connectivity index (χ2n) is 8.57. The van der Waals surface area contributed by atoms with Gasteiger partial charge in [0.15, 0.2) is 0 Å². The van der Waals surface area contributed by atoms with E-state index in [9.17, 15) is 9.59 Å². The molecular formula is C20H23ClN4O4. The quantitative estimate of drug-likeness (QED) is 0.509. The zero-order valence-electron chi connectivity index (χ0n) is 17.2. The lowest BCUT2D eigenvalue weighted by molar-refractivity contribution is 0.0512. The normalized spacial score (nSPS) is 12.2. The molecule has 3 aromatic rings. The van der Waals surface area contributed by atoms with Crippen molar-refractivity contribution in [2.24, 2.45) is 0 Å².